The minimum atomic E-state index is -0.394. The summed E-state index contributed by atoms with van der Waals surface area (Å²) in [5.41, 5.74) is -0.0486. The van der Waals surface area contributed by atoms with Crippen molar-refractivity contribution in [2.24, 2.45) is 5.41 Å². The van der Waals surface area contributed by atoms with Crippen LogP contribution >= 0.6 is 0 Å². The maximum Gasteiger partial charge on any atom is 0.290 e. The highest BCUT2D eigenvalue weighted by molar-refractivity contribution is 5.95. The molecule has 3 rings (SSSR count). The summed E-state index contributed by atoms with van der Waals surface area (Å²) >= 11 is 0. The lowest BCUT2D eigenvalue weighted by atomic mass is 9.77. The van der Waals surface area contributed by atoms with Crippen LogP contribution in [0.25, 0.3) is 0 Å². The molecule has 1 aromatic heterocycles. The number of hydrogen-bond acceptors (Lipinski definition) is 4. The number of carbonyl (C=O) groups excluding carboxylic acids is 2. The number of nitrogens with zero attached hydrogens (tertiary/aromatic N) is 2. The second-order valence-corrected chi connectivity index (χ2v) is 7.32. The highest BCUT2D eigenvalue weighted by atomic mass is 16.3. The van der Waals surface area contributed by atoms with E-state index in [1.807, 2.05) is 4.90 Å². The zero-order valence-corrected chi connectivity index (χ0v) is 14.9. The number of aliphatic hydroxyl groups excluding tert-OH is 1. The highest BCUT2D eigenvalue weighted by Crippen LogP contribution is 2.35. The van der Waals surface area contributed by atoms with Crippen molar-refractivity contribution < 1.29 is 19.1 Å². The Morgan fingerprint density at radius 3 is 2.64 bits per heavy atom. The molecule has 3 heterocycles. The van der Waals surface area contributed by atoms with Crippen LogP contribution < -0.4 is 0 Å². The molecule has 6 heteroatoms. The number of amides is 2. The molecule has 1 aromatic rings. The zero-order chi connectivity index (χ0) is 17.9. The molecule has 0 spiro atoms. The molecule has 0 saturated carbocycles. The van der Waals surface area contributed by atoms with Gasteiger partial charge in [0.15, 0.2) is 5.76 Å². The fraction of sp³-hybridized carbons (Fsp3) is 0.684. The fourth-order valence-electron chi connectivity index (χ4n) is 4.01. The van der Waals surface area contributed by atoms with E-state index >= 15 is 0 Å². The zero-order valence-electron chi connectivity index (χ0n) is 14.9. The first-order chi connectivity index (χ1) is 12.1. The Bertz CT molecular complexity index is 585. The lowest BCUT2D eigenvalue weighted by Crippen LogP contribution is -2.55. The predicted molar refractivity (Wildman–Crippen MR) is 93.0 cm³/mol. The van der Waals surface area contributed by atoms with Crippen molar-refractivity contribution in [2.75, 3.05) is 26.2 Å². The van der Waals surface area contributed by atoms with Crippen LogP contribution in [0.5, 0.6) is 0 Å². The van der Waals surface area contributed by atoms with Crippen LogP contribution in [-0.2, 0) is 4.79 Å². The van der Waals surface area contributed by atoms with Gasteiger partial charge in [0.2, 0.25) is 5.91 Å². The molecule has 138 valence electrons. The molecule has 2 amide bonds. The number of rotatable bonds is 4. The number of furan rings is 1. The molecule has 1 atom stereocenters. The summed E-state index contributed by atoms with van der Waals surface area (Å²) in [4.78, 5) is 29.3. The van der Waals surface area contributed by atoms with Gasteiger partial charge in [-0.1, -0.05) is 6.92 Å². The monoisotopic (exact) mass is 348 g/mol. The van der Waals surface area contributed by atoms with Crippen molar-refractivity contribution in [3.8, 4) is 0 Å². The molecule has 6 nitrogen and oxygen atoms in total. The van der Waals surface area contributed by atoms with Gasteiger partial charge in [0, 0.05) is 26.2 Å². The van der Waals surface area contributed by atoms with Gasteiger partial charge in [0.25, 0.3) is 5.91 Å². The van der Waals surface area contributed by atoms with Crippen molar-refractivity contribution in [1.29, 1.82) is 0 Å². The van der Waals surface area contributed by atoms with Crippen LogP contribution in [0.4, 0.5) is 0 Å². The van der Waals surface area contributed by atoms with Crippen molar-refractivity contribution in [3.63, 3.8) is 0 Å². The third kappa shape index (κ3) is 3.59. The van der Waals surface area contributed by atoms with Gasteiger partial charge in [-0.25, -0.2) is 0 Å². The summed E-state index contributed by atoms with van der Waals surface area (Å²) in [5.74, 6) is 0.143. The molecule has 2 fully saturated rings. The molecule has 0 radical (unpaired) electrons. The van der Waals surface area contributed by atoms with Crippen molar-refractivity contribution in [1.82, 2.24) is 9.80 Å². The van der Waals surface area contributed by atoms with Crippen LogP contribution in [0.15, 0.2) is 22.8 Å². The Morgan fingerprint density at radius 1 is 1.28 bits per heavy atom. The first-order valence-electron chi connectivity index (χ1n) is 9.34. The van der Waals surface area contributed by atoms with E-state index in [9.17, 15) is 14.7 Å². The fourth-order valence-corrected chi connectivity index (χ4v) is 4.01. The topological polar surface area (TPSA) is 74.0 Å². The van der Waals surface area contributed by atoms with Gasteiger partial charge in [0.05, 0.1) is 6.26 Å². The quantitative estimate of drug-likeness (QED) is 0.906. The summed E-state index contributed by atoms with van der Waals surface area (Å²) in [6, 6.07) is 2.95. The maximum absolute atomic E-state index is 13.1. The first kappa shape index (κ1) is 18.0. The lowest BCUT2D eigenvalue weighted by molar-refractivity contribution is -0.140. The average Bonchev–Trinajstić information content (AvgIpc) is 3.22. The smallest absolute Gasteiger partial charge is 0.290 e. The minimum absolute atomic E-state index is 0.0437. The van der Waals surface area contributed by atoms with Gasteiger partial charge in [0.1, 0.15) is 6.04 Å². The number of carbonyl (C=O) groups is 2. The number of aliphatic hydroxyl groups is 1. The Balaban J connectivity index is 1.68. The van der Waals surface area contributed by atoms with Gasteiger partial charge in [-0.15, -0.1) is 0 Å². The van der Waals surface area contributed by atoms with Crippen molar-refractivity contribution >= 4 is 11.8 Å². The van der Waals surface area contributed by atoms with E-state index in [2.05, 4.69) is 6.92 Å². The van der Waals surface area contributed by atoms with Gasteiger partial charge in [-0.2, -0.15) is 0 Å². The van der Waals surface area contributed by atoms with Crippen LogP contribution in [0.2, 0.25) is 0 Å². The van der Waals surface area contributed by atoms with Crippen LogP contribution in [0, 0.1) is 5.41 Å². The van der Waals surface area contributed by atoms with E-state index < -0.39 is 6.04 Å². The summed E-state index contributed by atoms with van der Waals surface area (Å²) < 4.78 is 5.23. The summed E-state index contributed by atoms with van der Waals surface area (Å²) in [5, 5.41) is 9.67. The normalized spacial score (nSPS) is 23.5. The Morgan fingerprint density at radius 2 is 2.04 bits per heavy atom. The van der Waals surface area contributed by atoms with Crippen molar-refractivity contribution in [2.45, 2.75) is 51.5 Å². The van der Waals surface area contributed by atoms with E-state index in [0.29, 0.717) is 31.8 Å². The molecule has 1 unspecified atom stereocenters. The standard InChI is InChI=1S/C19H28N2O4/c1-2-19(14-22)8-11-20(12-9-19)17(23)15-6-3-4-10-21(15)18(24)16-7-5-13-25-16/h5,7,13,15,22H,2-4,6,8-12,14H2,1H3. The van der Waals surface area contributed by atoms with Crippen molar-refractivity contribution in [3.05, 3.63) is 24.2 Å². The molecular weight excluding hydrogens is 320 g/mol. The van der Waals surface area contributed by atoms with Crippen LogP contribution in [0.3, 0.4) is 0 Å². The SMILES string of the molecule is CCC1(CO)CCN(C(=O)C2CCCCN2C(=O)c2ccco2)CC1. The molecule has 2 aliphatic rings. The Hall–Kier alpha value is -1.82. The second kappa shape index (κ2) is 7.60. The summed E-state index contributed by atoms with van der Waals surface area (Å²) in [6.07, 6.45) is 6.65. The molecule has 1 N–H and O–H groups in total. The molecule has 0 aliphatic carbocycles. The second-order valence-electron chi connectivity index (χ2n) is 7.32. The van der Waals surface area contributed by atoms with Gasteiger partial charge >= 0.3 is 0 Å². The van der Waals surface area contributed by atoms with E-state index in [1.54, 1.807) is 17.0 Å². The number of piperidine rings is 2. The summed E-state index contributed by atoms with van der Waals surface area (Å²) in [7, 11) is 0. The van der Waals surface area contributed by atoms with Crippen LogP contribution in [-0.4, -0.2) is 59.0 Å². The van der Waals surface area contributed by atoms with E-state index in [4.69, 9.17) is 4.42 Å². The number of hydrogen-bond donors (Lipinski definition) is 1. The highest BCUT2D eigenvalue weighted by Gasteiger charge is 2.39. The van der Waals surface area contributed by atoms with E-state index in [1.165, 1.54) is 6.26 Å². The molecule has 2 saturated heterocycles. The third-order valence-corrected chi connectivity index (χ3v) is 6.00. The Labute approximate surface area is 148 Å². The molecule has 0 bridgehead atoms. The molecule has 25 heavy (non-hydrogen) atoms. The largest absolute Gasteiger partial charge is 0.459 e. The van der Waals surface area contributed by atoms with Crippen LogP contribution in [0.1, 0.15) is 56.0 Å². The number of likely N-dealkylation sites (tertiary alicyclic amines) is 2. The van der Waals surface area contributed by atoms with E-state index in [-0.39, 0.29) is 23.8 Å². The average molecular weight is 348 g/mol. The lowest BCUT2D eigenvalue weighted by Gasteiger charge is -2.43. The molecule has 2 aliphatic heterocycles. The predicted octanol–water partition coefficient (Wildman–Crippen LogP) is 2.29. The van der Waals surface area contributed by atoms with Gasteiger partial charge < -0.3 is 19.3 Å². The molecular formula is C19H28N2O4. The minimum Gasteiger partial charge on any atom is -0.459 e. The van der Waals surface area contributed by atoms with Gasteiger partial charge in [-0.3, -0.25) is 9.59 Å². The van der Waals surface area contributed by atoms with E-state index in [0.717, 1.165) is 32.1 Å². The summed E-state index contributed by atoms with van der Waals surface area (Å²) in [6.45, 7) is 4.19. The molecule has 0 aromatic carbocycles. The maximum atomic E-state index is 13.1. The Kier molecular flexibility index (Phi) is 5.47. The third-order valence-electron chi connectivity index (χ3n) is 6.00. The first-order valence-corrected chi connectivity index (χ1v) is 9.34. The van der Waals surface area contributed by atoms with Gasteiger partial charge in [-0.05, 0) is 56.1 Å².